The van der Waals surface area contributed by atoms with Gasteiger partial charge in [-0.05, 0) is 92.7 Å². The fourth-order valence-electron chi connectivity index (χ4n) is 7.91. The second-order valence-corrected chi connectivity index (χ2v) is 15.1. The minimum Gasteiger partial charge on any atom is -0.381 e. The fraction of sp³-hybridized carbons (Fsp3) is 0.409. The lowest BCUT2D eigenvalue weighted by atomic mass is 9.97. The summed E-state index contributed by atoms with van der Waals surface area (Å²) in [4.78, 5) is 38.9. The van der Waals surface area contributed by atoms with Crippen LogP contribution in [0.15, 0.2) is 72.9 Å². The van der Waals surface area contributed by atoms with Crippen LogP contribution in [0, 0.1) is 6.92 Å². The largest absolute Gasteiger partial charge is 0.381 e. The molecule has 2 fully saturated rings. The molecule has 0 bridgehead atoms. The predicted octanol–water partition coefficient (Wildman–Crippen LogP) is 6.27. The molecule has 0 spiro atoms. The molecule has 0 saturated carbocycles. The molecule has 0 aliphatic carbocycles. The topological polar surface area (TPSA) is 122 Å². The number of fused-ring (bicyclic) bond motifs is 1. The number of aryl methyl sites for hydroxylation is 3. The normalized spacial score (nSPS) is 15.7. The third-order valence-electron chi connectivity index (χ3n) is 11.0. The molecule has 2 aromatic heterocycles. The van der Waals surface area contributed by atoms with Crippen LogP contribution in [0.5, 0.6) is 0 Å². The summed E-state index contributed by atoms with van der Waals surface area (Å²) in [5.41, 5.74) is 15.8. The van der Waals surface area contributed by atoms with Crippen molar-refractivity contribution >= 4 is 28.5 Å². The molecule has 288 valence electrons. The van der Waals surface area contributed by atoms with E-state index >= 15 is 0 Å². The highest BCUT2D eigenvalue weighted by molar-refractivity contribution is 5.99. The van der Waals surface area contributed by atoms with Gasteiger partial charge in [-0.2, -0.15) is 5.10 Å². The first-order valence-corrected chi connectivity index (χ1v) is 19.7. The number of hydrogen-bond donors (Lipinski definition) is 2. The van der Waals surface area contributed by atoms with Crippen molar-refractivity contribution in [3.8, 4) is 11.1 Å². The van der Waals surface area contributed by atoms with Crippen LogP contribution in [0.4, 0.5) is 5.69 Å². The highest BCUT2D eigenvalue weighted by atomic mass is 16.5. The van der Waals surface area contributed by atoms with Crippen LogP contribution in [0.1, 0.15) is 75.4 Å². The Labute approximate surface area is 324 Å². The summed E-state index contributed by atoms with van der Waals surface area (Å²) in [6.07, 6.45) is 4.35. The monoisotopic (exact) mass is 742 g/mol. The van der Waals surface area contributed by atoms with Gasteiger partial charge in [-0.15, -0.1) is 0 Å². The van der Waals surface area contributed by atoms with Gasteiger partial charge in [-0.3, -0.25) is 14.5 Å². The van der Waals surface area contributed by atoms with E-state index in [4.69, 9.17) is 20.6 Å². The molecule has 7 rings (SSSR count). The van der Waals surface area contributed by atoms with Crippen molar-refractivity contribution < 1.29 is 14.3 Å². The maximum absolute atomic E-state index is 14.7. The average Bonchev–Trinajstić information content (AvgIpc) is 3.62. The van der Waals surface area contributed by atoms with Gasteiger partial charge in [-0.1, -0.05) is 48.9 Å². The Morgan fingerprint density at radius 3 is 2.40 bits per heavy atom. The first-order valence-electron chi connectivity index (χ1n) is 19.7. The Hall–Kier alpha value is -5.10. The van der Waals surface area contributed by atoms with E-state index in [1.807, 2.05) is 15.8 Å². The van der Waals surface area contributed by atoms with Crippen LogP contribution in [0.2, 0.25) is 0 Å². The molecule has 2 saturated heterocycles. The third kappa shape index (κ3) is 8.91. The first kappa shape index (κ1) is 38.2. The Morgan fingerprint density at radius 2 is 1.65 bits per heavy atom. The zero-order valence-corrected chi connectivity index (χ0v) is 32.7. The second-order valence-electron chi connectivity index (χ2n) is 15.1. The number of pyridine rings is 1. The number of hydrogen-bond acceptors (Lipinski definition) is 8. The van der Waals surface area contributed by atoms with Crippen molar-refractivity contribution in [3.05, 3.63) is 112 Å². The van der Waals surface area contributed by atoms with Gasteiger partial charge >= 0.3 is 0 Å². The number of aromatic nitrogens is 3. The molecule has 0 atom stereocenters. The zero-order valence-electron chi connectivity index (χ0n) is 32.7. The molecule has 4 heterocycles. The van der Waals surface area contributed by atoms with Crippen LogP contribution in [0.3, 0.4) is 0 Å². The Bertz CT molecular complexity index is 2150. The maximum atomic E-state index is 14.7. The van der Waals surface area contributed by atoms with Gasteiger partial charge in [0.2, 0.25) is 5.91 Å². The highest BCUT2D eigenvalue weighted by Gasteiger charge is 2.26. The van der Waals surface area contributed by atoms with Crippen LogP contribution in [0.25, 0.3) is 22.2 Å². The summed E-state index contributed by atoms with van der Waals surface area (Å²) >= 11 is 0. The predicted molar refractivity (Wildman–Crippen MR) is 218 cm³/mol. The van der Waals surface area contributed by atoms with Gasteiger partial charge in [0.25, 0.3) is 5.91 Å². The minimum atomic E-state index is -0.571. The van der Waals surface area contributed by atoms with Crippen LogP contribution >= 0.6 is 0 Å². The fourth-order valence-corrected chi connectivity index (χ4v) is 7.91. The van der Waals surface area contributed by atoms with E-state index in [0.29, 0.717) is 50.4 Å². The van der Waals surface area contributed by atoms with E-state index in [0.717, 1.165) is 95.8 Å². The van der Waals surface area contributed by atoms with Gasteiger partial charge < -0.3 is 25.6 Å². The van der Waals surface area contributed by atoms with Crippen LogP contribution in [-0.2, 0) is 37.3 Å². The van der Waals surface area contributed by atoms with Crippen LogP contribution in [-0.4, -0.2) is 93.8 Å². The second kappa shape index (κ2) is 17.1. The van der Waals surface area contributed by atoms with Crippen molar-refractivity contribution in [2.45, 2.75) is 72.3 Å². The van der Waals surface area contributed by atoms with E-state index in [2.05, 4.69) is 85.4 Å². The molecular formula is C44H54N8O3. The van der Waals surface area contributed by atoms with Crippen molar-refractivity contribution in [2.75, 3.05) is 51.8 Å². The van der Waals surface area contributed by atoms with Gasteiger partial charge in [0, 0.05) is 87.5 Å². The molecule has 3 aromatic carbocycles. The number of nitrogens with zero attached hydrogens (tertiary/aromatic N) is 6. The lowest BCUT2D eigenvalue weighted by molar-refractivity contribution is 0.0729. The number of piperazine rings is 1. The molecule has 11 heteroatoms. The molecule has 3 N–H and O–H groups in total. The summed E-state index contributed by atoms with van der Waals surface area (Å²) in [6, 6.07) is 22.3. The summed E-state index contributed by atoms with van der Waals surface area (Å²) in [7, 11) is 2.18. The van der Waals surface area contributed by atoms with E-state index in [1.54, 1.807) is 24.3 Å². The van der Waals surface area contributed by atoms with E-state index in [-0.39, 0.29) is 11.9 Å². The summed E-state index contributed by atoms with van der Waals surface area (Å²) in [5.74, 6) is -0.762. The number of carbonyl (C=O) groups excluding carboxylic acids is 2. The lowest BCUT2D eigenvalue weighted by Gasteiger charge is -2.32. The average molecular weight is 743 g/mol. The van der Waals surface area contributed by atoms with Crippen molar-refractivity contribution in [2.24, 2.45) is 5.73 Å². The number of ether oxygens (including phenoxy) is 1. The number of anilines is 1. The number of nitrogens with one attached hydrogen (secondary N) is 1. The number of rotatable bonds is 13. The molecule has 11 nitrogen and oxygen atoms in total. The standard InChI is InChI=1S/C44H54N8O3/c1-5-40-39(41(47-37-13-19-55-20-14-37)38-26-46-52(6-2)43(38)48-40)29-51(44(54)35-12-8-11-34(25-35)42(45)53)28-32-21-30(3)22-36(24-32)33-10-7-9-31(23-33)27-50-17-15-49(4)16-18-50/h7-12,21-26,37H,5-6,13-20,27-29H2,1-4H3,(H2,45,53)(H,47,48). The lowest BCUT2D eigenvalue weighted by Crippen LogP contribution is -2.43. The van der Waals surface area contributed by atoms with Crippen molar-refractivity contribution in [1.82, 2.24) is 29.5 Å². The maximum Gasteiger partial charge on any atom is 0.254 e. The summed E-state index contributed by atoms with van der Waals surface area (Å²) in [6.45, 7) is 14.3. The molecule has 2 aliphatic rings. The molecule has 0 radical (unpaired) electrons. The van der Waals surface area contributed by atoms with Gasteiger partial charge in [0.15, 0.2) is 5.65 Å². The van der Waals surface area contributed by atoms with E-state index in [1.165, 1.54) is 5.56 Å². The molecule has 0 unspecified atom stereocenters. The SMILES string of the molecule is CCc1nc2c(cnn2CC)c(NC2CCOCC2)c1CN(Cc1cc(C)cc(-c2cccc(CN3CCN(C)CC3)c2)c1)C(=O)c1cccc(C(N)=O)c1. The third-order valence-corrected chi connectivity index (χ3v) is 11.0. The number of benzene rings is 3. The van der Waals surface area contributed by atoms with Gasteiger partial charge in [-0.25, -0.2) is 9.67 Å². The van der Waals surface area contributed by atoms with Crippen LogP contribution < -0.4 is 11.1 Å². The van der Waals surface area contributed by atoms with Crippen molar-refractivity contribution in [1.29, 1.82) is 0 Å². The molecule has 2 aliphatic heterocycles. The first-order chi connectivity index (χ1) is 26.7. The van der Waals surface area contributed by atoms with Crippen molar-refractivity contribution in [3.63, 3.8) is 0 Å². The summed E-state index contributed by atoms with van der Waals surface area (Å²) < 4.78 is 7.63. The quantitative estimate of drug-likeness (QED) is 0.145. The molecular weight excluding hydrogens is 689 g/mol. The Balaban J connectivity index is 1.27. The minimum absolute atomic E-state index is 0.191. The number of nitrogens with two attached hydrogens (primary N) is 1. The summed E-state index contributed by atoms with van der Waals surface area (Å²) in [5, 5.41) is 9.51. The smallest absolute Gasteiger partial charge is 0.254 e. The van der Waals surface area contributed by atoms with Gasteiger partial charge in [0.1, 0.15) is 0 Å². The van der Waals surface area contributed by atoms with E-state index in [9.17, 15) is 9.59 Å². The molecule has 55 heavy (non-hydrogen) atoms. The molecule has 2 amide bonds. The molecule has 5 aromatic rings. The number of amides is 2. The Morgan fingerprint density at radius 1 is 0.909 bits per heavy atom. The number of primary amides is 1. The highest BCUT2D eigenvalue weighted by Crippen LogP contribution is 2.33. The Kier molecular flexibility index (Phi) is 11.9. The zero-order chi connectivity index (χ0) is 38.5. The number of carbonyl (C=O) groups is 2. The number of likely N-dealkylation sites (N-methyl/N-ethyl adjacent to an activating group) is 1. The van der Waals surface area contributed by atoms with E-state index < -0.39 is 5.91 Å². The van der Waals surface area contributed by atoms with Gasteiger partial charge in [0.05, 0.1) is 23.8 Å².